The van der Waals surface area contributed by atoms with Crippen LogP contribution in [0.5, 0.6) is 5.75 Å². The quantitative estimate of drug-likeness (QED) is 0.622. The third-order valence-electron chi connectivity index (χ3n) is 6.76. The van der Waals surface area contributed by atoms with Crippen LogP contribution in [0, 0.1) is 11.3 Å². The predicted molar refractivity (Wildman–Crippen MR) is 115 cm³/mol. The molecule has 35 heavy (non-hydrogen) atoms. The molecule has 3 aliphatic heterocycles. The monoisotopic (exact) mass is 484 g/mol. The molecule has 3 atom stereocenters. The van der Waals surface area contributed by atoms with Gasteiger partial charge in [0.25, 0.3) is 5.91 Å². The van der Waals surface area contributed by atoms with Crippen molar-refractivity contribution in [2.75, 3.05) is 18.6 Å². The number of nitriles is 1. The van der Waals surface area contributed by atoms with Gasteiger partial charge in [0.1, 0.15) is 11.8 Å². The first kappa shape index (κ1) is 22.7. The minimum Gasteiger partial charge on any atom is -0.497 e. The number of ether oxygens (including phenoxy) is 1. The number of rotatable bonds is 4. The van der Waals surface area contributed by atoms with Crippen LogP contribution in [0.15, 0.2) is 42.5 Å². The van der Waals surface area contributed by atoms with E-state index in [9.17, 15) is 27.6 Å². The maximum atomic E-state index is 13.4. The Bertz CT molecular complexity index is 1290. The van der Waals surface area contributed by atoms with E-state index in [1.54, 1.807) is 29.2 Å². The fourth-order valence-corrected chi connectivity index (χ4v) is 5.24. The molecule has 5 rings (SSSR count). The number of imide groups is 1. The highest BCUT2D eigenvalue weighted by atomic mass is 19.4. The Morgan fingerprint density at radius 1 is 1.20 bits per heavy atom. The fraction of sp³-hybridized carbons (Fsp3) is 0.333. The first-order valence-corrected chi connectivity index (χ1v) is 10.8. The van der Waals surface area contributed by atoms with Crippen LogP contribution in [0.4, 0.5) is 23.7 Å². The van der Waals surface area contributed by atoms with Crippen LogP contribution >= 0.6 is 0 Å². The van der Waals surface area contributed by atoms with E-state index in [-0.39, 0.29) is 24.6 Å². The molecule has 0 spiro atoms. The summed E-state index contributed by atoms with van der Waals surface area (Å²) in [5.41, 5.74) is -1.34. The molecular formula is C24H19F3N4O4. The molecule has 2 aromatic rings. The van der Waals surface area contributed by atoms with Gasteiger partial charge in [-0.15, -0.1) is 0 Å². The number of methoxy groups -OCH3 is 1. The van der Waals surface area contributed by atoms with Crippen molar-refractivity contribution in [2.24, 2.45) is 0 Å². The Balaban J connectivity index is 1.40. The van der Waals surface area contributed by atoms with Gasteiger partial charge in [0.2, 0.25) is 5.91 Å². The minimum atomic E-state index is -4.83. The lowest BCUT2D eigenvalue weighted by molar-refractivity contribution is -0.138. The van der Waals surface area contributed by atoms with Gasteiger partial charge in [-0.3, -0.25) is 9.59 Å². The van der Waals surface area contributed by atoms with Crippen LogP contribution in [0.1, 0.15) is 23.1 Å². The number of fused-ring (bicyclic) bond motifs is 5. The molecule has 3 saturated heterocycles. The number of likely N-dealkylation sites (tertiary alicyclic amines) is 1. The Kier molecular flexibility index (Phi) is 5.20. The molecular weight excluding hydrogens is 465 g/mol. The number of carbonyl (C=O) groups is 3. The zero-order valence-electron chi connectivity index (χ0n) is 18.5. The van der Waals surface area contributed by atoms with E-state index in [0.717, 1.165) is 22.6 Å². The van der Waals surface area contributed by atoms with Crippen molar-refractivity contribution in [3.8, 4) is 11.8 Å². The number of hydrogen-bond donors (Lipinski definition) is 0. The van der Waals surface area contributed by atoms with E-state index in [2.05, 4.69) is 0 Å². The van der Waals surface area contributed by atoms with Gasteiger partial charge in [0, 0.05) is 6.54 Å². The number of nitrogens with zero attached hydrogens (tertiary/aromatic N) is 4. The summed E-state index contributed by atoms with van der Waals surface area (Å²) < 4.78 is 45.5. The highest BCUT2D eigenvalue weighted by Crippen LogP contribution is 2.43. The third kappa shape index (κ3) is 3.56. The average Bonchev–Trinajstić information content (AvgIpc) is 3.49. The van der Waals surface area contributed by atoms with E-state index < -0.39 is 47.4 Å². The summed E-state index contributed by atoms with van der Waals surface area (Å²) in [6.45, 7) is 0.248. The minimum absolute atomic E-state index is 0.0869. The van der Waals surface area contributed by atoms with Crippen LogP contribution in [-0.4, -0.2) is 59.4 Å². The first-order valence-electron chi connectivity index (χ1n) is 10.8. The summed E-state index contributed by atoms with van der Waals surface area (Å²) in [6, 6.07) is 8.65. The molecule has 0 saturated carbocycles. The Morgan fingerprint density at radius 3 is 2.66 bits per heavy atom. The lowest BCUT2D eigenvalue weighted by Gasteiger charge is -2.35. The molecule has 3 heterocycles. The van der Waals surface area contributed by atoms with E-state index in [0.29, 0.717) is 18.2 Å². The van der Waals surface area contributed by atoms with Crippen molar-refractivity contribution >= 4 is 23.5 Å². The molecule has 0 aliphatic carbocycles. The summed E-state index contributed by atoms with van der Waals surface area (Å²) in [4.78, 5) is 43.1. The van der Waals surface area contributed by atoms with Crippen LogP contribution in [-0.2, 0) is 22.2 Å². The molecule has 3 unspecified atom stereocenters. The lowest BCUT2D eigenvalue weighted by Crippen LogP contribution is -2.55. The topological polar surface area (TPSA) is 94.0 Å². The summed E-state index contributed by atoms with van der Waals surface area (Å²) in [7, 11) is 1.52. The summed E-state index contributed by atoms with van der Waals surface area (Å²) in [6.07, 6.45) is -4.31. The van der Waals surface area contributed by atoms with Crippen LogP contribution < -0.4 is 9.64 Å². The van der Waals surface area contributed by atoms with Gasteiger partial charge in [0.05, 0.1) is 48.5 Å². The van der Waals surface area contributed by atoms with Crippen molar-refractivity contribution in [3.05, 3.63) is 59.2 Å². The number of carbonyl (C=O) groups excluding carboxylic acids is 3. The van der Waals surface area contributed by atoms with Gasteiger partial charge in [0.15, 0.2) is 0 Å². The Hall–Kier alpha value is -4.07. The highest BCUT2D eigenvalue weighted by molar-refractivity contribution is 6.22. The number of alkyl halides is 3. The van der Waals surface area contributed by atoms with Crippen LogP contribution in [0.2, 0.25) is 0 Å². The van der Waals surface area contributed by atoms with Gasteiger partial charge in [-0.1, -0.05) is 12.1 Å². The number of urea groups is 1. The lowest BCUT2D eigenvalue weighted by atomic mass is 10.0. The van der Waals surface area contributed by atoms with E-state index in [1.807, 2.05) is 0 Å². The number of piperazine rings is 1. The molecule has 11 heteroatoms. The summed E-state index contributed by atoms with van der Waals surface area (Å²) in [5.74, 6) is -0.279. The fourth-order valence-electron chi connectivity index (χ4n) is 5.24. The normalized spacial score (nSPS) is 23.1. The molecule has 4 amide bonds. The molecule has 180 valence electrons. The second kappa shape index (κ2) is 8.01. The second-order valence-electron chi connectivity index (χ2n) is 8.68. The van der Waals surface area contributed by atoms with Gasteiger partial charge >= 0.3 is 12.2 Å². The summed E-state index contributed by atoms with van der Waals surface area (Å²) in [5, 5.41) is 9.02. The van der Waals surface area contributed by atoms with Crippen LogP contribution in [0.3, 0.4) is 0 Å². The molecule has 2 aromatic carbocycles. The molecule has 0 radical (unpaired) electrons. The van der Waals surface area contributed by atoms with E-state index in [1.165, 1.54) is 18.1 Å². The number of amides is 4. The van der Waals surface area contributed by atoms with Crippen molar-refractivity contribution < 1.29 is 32.3 Å². The smallest absolute Gasteiger partial charge is 0.417 e. The highest BCUT2D eigenvalue weighted by Gasteiger charge is 2.62. The Morgan fingerprint density at radius 2 is 1.97 bits per heavy atom. The van der Waals surface area contributed by atoms with Gasteiger partial charge < -0.3 is 14.5 Å². The number of benzene rings is 2. The maximum absolute atomic E-state index is 13.4. The van der Waals surface area contributed by atoms with Gasteiger partial charge in [-0.2, -0.15) is 18.4 Å². The zero-order valence-corrected chi connectivity index (χ0v) is 18.5. The Labute approximate surface area is 198 Å². The number of halogens is 3. The molecule has 0 aromatic heterocycles. The van der Waals surface area contributed by atoms with Gasteiger partial charge in [-0.25, -0.2) is 9.69 Å². The SMILES string of the molecule is COc1cccc(CC(=O)N2CC3CC2C2C(=O)N(c4ccc(C#N)c(C(F)(F)F)c4)C(=O)N32)c1. The van der Waals surface area contributed by atoms with Crippen LogP contribution in [0.25, 0.3) is 0 Å². The molecule has 0 N–H and O–H groups in total. The van der Waals surface area contributed by atoms with Crippen molar-refractivity contribution in [1.29, 1.82) is 5.26 Å². The first-order chi connectivity index (χ1) is 16.6. The van der Waals surface area contributed by atoms with Crippen molar-refractivity contribution in [2.45, 2.75) is 37.1 Å². The standard InChI is InChI=1S/C24H19F3N4O4/c1-35-17-4-2-3-13(7-17)8-20(32)29-12-16-10-19(29)21-22(33)31(23(34)30(16)21)15-6-5-14(11-28)18(9-15)24(25,26)27/h2-7,9,16,19,21H,8,10,12H2,1H3. The van der Waals surface area contributed by atoms with Gasteiger partial charge in [-0.05, 0) is 42.3 Å². The molecule has 3 fully saturated rings. The number of hydrogen-bond acceptors (Lipinski definition) is 5. The summed E-state index contributed by atoms with van der Waals surface area (Å²) >= 11 is 0. The molecule has 3 aliphatic rings. The van der Waals surface area contributed by atoms with E-state index >= 15 is 0 Å². The third-order valence-corrected chi connectivity index (χ3v) is 6.76. The predicted octanol–water partition coefficient (Wildman–Crippen LogP) is 2.95. The second-order valence-corrected chi connectivity index (χ2v) is 8.68. The zero-order chi connectivity index (χ0) is 25.1. The van der Waals surface area contributed by atoms with Crippen molar-refractivity contribution in [1.82, 2.24) is 9.80 Å². The maximum Gasteiger partial charge on any atom is 0.417 e. The van der Waals surface area contributed by atoms with E-state index in [4.69, 9.17) is 10.00 Å². The average molecular weight is 484 g/mol. The molecule has 8 nitrogen and oxygen atoms in total. The molecule has 2 bridgehead atoms. The largest absolute Gasteiger partial charge is 0.497 e. The van der Waals surface area contributed by atoms with Crippen molar-refractivity contribution in [3.63, 3.8) is 0 Å². The number of anilines is 1.